The lowest BCUT2D eigenvalue weighted by atomic mass is 9.94. The van der Waals surface area contributed by atoms with E-state index in [1.165, 1.54) is 19.2 Å². The van der Waals surface area contributed by atoms with Crippen molar-refractivity contribution in [3.63, 3.8) is 0 Å². The number of hydrogen-bond donors (Lipinski definition) is 6. The number of carboxylic acids is 3. The molecule has 0 spiro atoms. The minimum Gasteiger partial charge on any atom is -0.481 e. The molecule has 258 valence electrons. The fourth-order valence-corrected chi connectivity index (χ4v) is 5.60. The van der Waals surface area contributed by atoms with E-state index in [9.17, 15) is 44.1 Å². The summed E-state index contributed by atoms with van der Waals surface area (Å²) in [4.78, 5) is 89.4. The van der Waals surface area contributed by atoms with E-state index in [0.29, 0.717) is 29.4 Å². The molecule has 0 saturated heterocycles. The number of carbonyl (C=O) groups excluding carboxylic acids is 2. The summed E-state index contributed by atoms with van der Waals surface area (Å²) in [5.41, 5.74) is 2.81. The van der Waals surface area contributed by atoms with Gasteiger partial charge in [-0.25, -0.2) is 9.78 Å². The van der Waals surface area contributed by atoms with Crippen molar-refractivity contribution < 1.29 is 44.4 Å². The lowest BCUT2D eigenvalue weighted by Gasteiger charge is -2.30. The first-order valence-corrected chi connectivity index (χ1v) is 15.0. The topological polar surface area (TPSA) is 257 Å². The van der Waals surface area contributed by atoms with Gasteiger partial charge >= 0.3 is 17.9 Å². The molecule has 0 unspecified atom stereocenters. The molecule has 49 heavy (non-hydrogen) atoms. The number of nitrogens with one attached hydrogen (secondary N) is 2. The number of aliphatic hydroxyl groups is 1. The van der Waals surface area contributed by atoms with E-state index in [1.807, 2.05) is 11.0 Å². The average Bonchev–Trinajstić information content (AvgIpc) is 3.47. The number of hydrogen-bond acceptors (Lipinski definition) is 11. The standard InChI is InChI=1S/C32H32N4O10.CH3NO/c1-2-13-36(25-10-5-18-14-24-22(15-21(18)25)30(42)35-27(16-37)33-24)19-6-3-17(4-7-19)29(41)34-23(32(45)46)9-11-26(38)20(31(43)44)8-12-28(39)40;1-2-3/h1,3-4,6-7,14-15,20,23,25,37H,5,8-13,16H2,(H,34,41)(H,39,40)(H,43,44)(H,45,46)(H,33,35,42);1H3/t20-,23+,25+;/m1./s1. The van der Waals surface area contributed by atoms with Crippen molar-refractivity contribution in [1.29, 1.82) is 0 Å². The number of terminal acetylenes is 1. The minimum atomic E-state index is -1.60. The van der Waals surface area contributed by atoms with Gasteiger partial charge in [0.15, 0.2) is 0 Å². The molecule has 0 radical (unpaired) electrons. The van der Waals surface area contributed by atoms with Gasteiger partial charge in [-0.2, -0.15) is 4.91 Å². The molecule has 1 amide bonds. The summed E-state index contributed by atoms with van der Waals surface area (Å²) in [6.07, 6.45) is 5.24. The Morgan fingerprint density at radius 1 is 1.08 bits per heavy atom. The fraction of sp³-hybridized carbons (Fsp3) is 0.364. The molecule has 0 saturated carbocycles. The third kappa shape index (κ3) is 9.55. The van der Waals surface area contributed by atoms with E-state index in [2.05, 4.69) is 26.4 Å². The van der Waals surface area contributed by atoms with Gasteiger partial charge in [-0.05, 0) is 73.2 Å². The van der Waals surface area contributed by atoms with Crippen molar-refractivity contribution in [2.24, 2.45) is 11.1 Å². The number of ketones is 1. The van der Waals surface area contributed by atoms with Crippen LogP contribution in [0.4, 0.5) is 5.69 Å². The maximum absolute atomic E-state index is 12.9. The smallest absolute Gasteiger partial charge is 0.326 e. The van der Waals surface area contributed by atoms with Crippen molar-refractivity contribution in [2.75, 3.05) is 18.5 Å². The Morgan fingerprint density at radius 3 is 2.33 bits per heavy atom. The van der Waals surface area contributed by atoms with E-state index >= 15 is 0 Å². The summed E-state index contributed by atoms with van der Waals surface area (Å²) in [5, 5.41) is 42.0. The number of aromatic amines is 1. The predicted molar refractivity (Wildman–Crippen MR) is 175 cm³/mol. The Hall–Kier alpha value is -5.95. The lowest BCUT2D eigenvalue weighted by Crippen LogP contribution is -2.41. The van der Waals surface area contributed by atoms with Crippen LogP contribution in [0.1, 0.15) is 65.5 Å². The summed E-state index contributed by atoms with van der Waals surface area (Å²) in [5.74, 6) is -4.53. The molecular formula is C33H35N5O11. The zero-order valence-electron chi connectivity index (χ0n) is 26.4. The molecule has 16 nitrogen and oxygen atoms in total. The second-order valence-electron chi connectivity index (χ2n) is 11.0. The minimum absolute atomic E-state index is 0.127. The van der Waals surface area contributed by atoms with Gasteiger partial charge in [0.1, 0.15) is 30.2 Å². The van der Waals surface area contributed by atoms with Crippen LogP contribution in [-0.4, -0.2) is 79.6 Å². The Bertz CT molecular complexity index is 1830. The number of rotatable bonds is 15. The summed E-state index contributed by atoms with van der Waals surface area (Å²) in [6.45, 7) is -0.181. The number of aliphatic hydroxyl groups excluding tert-OH is 1. The molecule has 1 aliphatic carbocycles. The molecule has 0 bridgehead atoms. The van der Waals surface area contributed by atoms with Crippen LogP contribution in [0, 0.1) is 23.2 Å². The highest BCUT2D eigenvalue weighted by molar-refractivity contribution is 5.99. The number of benzene rings is 2. The predicted octanol–water partition coefficient (Wildman–Crippen LogP) is 2.02. The molecule has 6 N–H and O–H groups in total. The normalized spacial score (nSPS) is 14.3. The molecule has 0 aliphatic heterocycles. The first kappa shape index (κ1) is 37.5. The van der Waals surface area contributed by atoms with Crippen molar-refractivity contribution in [1.82, 2.24) is 15.3 Å². The Kier molecular flexibility index (Phi) is 13.2. The summed E-state index contributed by atoms with van der Waals surface area (Å²) < 4.78 is 0. The van der Waals surface area contributed by atoms with Crippen molar-refractivity contribution >= 4 is 46.2 Å². The molecule has 4 rings (SSSR count). The maximum Gasteiger partial charge on any atom is 0.326 e. The van der Waals surface area contributed by atoms with Crippen LogP contribution in [0.25, 0.3) is 10.9 Å². The zero-order valence-corrected chi connectivity index (χ0v) is 26.4. The number of Topliss-reactive ketones (excluding diaryl/α,β-unsaturated/α-hetero) is 1. The van der Waals surface area contributed by atoms with Gasteiger partial charge in [0, 0.05) is 24.1 Å². The van der Waals surface area contributed by atoms with Gasteiger partial charge < -0.3 is 35.6 Å². The van der Waals surface area contributed by atoms with Crippen molar-refractivity contribution in [2.45, 2.75) is 57.2 Å². The fourth-order valence-electron chi connectivity index (χ4n) is 5.60. The number of anilines is 1. The Balaban J connectivity index is 0.00000209. The average molecular weight is 678 g/mol. The number of nitroso groups, excluding NO2 is 1. The van der Waals surface area contributed by atoms with Gasteiger partial charge in [0.05, 0.1) is 30.5 Å². The number of H-pyrrole nitrogens is 1. The van der Waals surface area contributed by atoms with E-state index in [4.69, 9.17) is 16.4 Å². The number of nitrogens with zero attached hydrogens (tertiary/aromatic N) is 3. The maximum atomic E-state index is 12.9. The van der Waals surface area contributed by atoms with Crippen LogP contribution in [0.3, 0.4) is 0 Å². The van der Waals surface area contributed by atoms with Crippen LogP contribution in [0.5, 0.6) is 0 Å². The highest BCUT2D eigenvalue weighted by atomic mass is 16.4. The lowest BCUT2D eigenvalue weighted by molar-refractivity contribution is -0.147. The molecule has 1 aromatic heterocycles. The van der Waals surface area contributed by atoms with Gasteiger partial charge in [0.25, 0.3) is 11.5 Å². The molecule has 16 heteroatoms. The number of carbonyl (C=O) groups is 5. The number of aliphatic carboxylic acids is 3. The second kappa shape index (κ2) is 17.3. The number of aryl methyl sites for hydroxylation is 1. The molecule has 2 aromatic carbocycles. The van der Waals surface area contributed by atoms with Crippen LogP contribution < -0.4 is 15.8 Å². The highest BCUT2D eigenvalue weighted by Gasteiger charge is 2.31. The van der Waals surface area contributed by atoms with Gasteiger partial charge in [-0.3, -0.25) is 24.0 Å². The van der Waals surface area contributed by atoms with Crippen LogP contribution in [-0.2, 0) is 32.2 Å². The van der Waals surface area contributed by atoms with Gasteiger partial charge in [0.2, 0.25) is 0 Å². The van der Waals surface area contributed by atoms with Crippen LogP contribution in [0.2, 0.25) is 0 Å². The quantitative estimate of drug-likeness (QED) is 0.0765. The Labute approximate surface area is 279 Å². The van der Waals surface area contributed by atoms with Gasteiger partial charge in [-0.15, -0.1) is 6.42 Å². The molecular weight excluding hydrogens is 642 g/mol. The van der Waals surface area contributed by atoms with E-state index < -0.39 is 67.4 Å². The second-order valence-corrected chi connectivity index (χ2v) is 11.0. The number of fused-ring (bicyclic) bond motifs is 2. The van der Waals surface area contributed by atoms with E-state index in [1.54, 1.807) is 18.2 Å². The molecule has 0 fully saturated rings. The number of aromatic nitrogens is 2. The molecule has 3 aromatic rings. The first-order valence-electron chi connectivity index (χ1n) is 15.0. The summed E-state index contributed by atoms with van der Waals surface area (Å²) in [7, 11) is 1.19. The highest BCUT2D eigenvalue weighted by Crippen LogP contribution is 2.39. The first-order chi connectivity index (χ1) is 23.3. The van der Waals surface area contributed by atoms with Crippen molar-refractivity contribution in [3.8, 4) is 12.3 Å². The van der Waals surface area contributed by atoms with E-state index in [-0.39, 0.29) is 36.0 Å². The largest absolute Gasteiger partial charge is 0.481 e. The zero-order chi connectivity index (χ0) is 36.2. The molecule has 1 aliphatic rings. The monoisotopic (exact) mass is 677 g/mol. The SMILES string of the molecule is C#CCN(c1ccc(C(=O)N[C@@H](CCC(=O)[C@@H](CCC(=O)O)C(=O)O)C(=O)O)cc1)[C@H]1CCc2cc3nc(CO)[nH]c(=O)c3cc21.CN=O. The summed E-state index contributed by atoms with van der Waals surface area (Å²) >= 11 is 0. The molecule has 3 atom stereocenters. The van der Waals surface area contributed by atoms with Crippen LogP contribution in [0.15, 0.2) is 46.4 Å². The Morgan fingerprint density at radius 2 is 1.76 bits per heavy atom. The van der Waals surface area contributed by atoms with Crippen molar-refractivity contribution in [3.05, 3.63) is 74.2 Å². The number of amides is 1. The number of carboxylic acid groups (broad SMARTS) is 3. The van der Waals surface area contributed by atoms with Gasteiger partial charge in [-0.1, -0.05) is 11.1 Å². The third-order valence-electron chi connectivity index (χ3n) is 7.93. The van der Waals surface area contributed by atoms with E-state index in [0.717, 1.165) is 11.1 Å². The van der Waals surface area contributed by atoms with Crippen LogP contribution >= 0.6 is 0 Å². The summed E-state index contributed by atoms with van der Waals surface area (Å²) in [6, 6.07) is 8.23. The third-order valence-corrected chi connectivity index (χ3v) is 7.93. The molecule has 1 heterocycles.